The molecule has 1 saturated heterocycles. The lowest BCUT2D eigenvalue weighted by Crippen LogP contribution is -2.48. The van der Waals surface area contributed by atoms with Crippen molar-refractivity contribution in [1.29, 1.82) is 0 Å². The molecule has 4 rings (SSSR count). The lowest BCUT2D eigenvalue weighted by molar-refractivity contribution is 0.0772. The molecule has 2 heterocycles. The van der Waals surface area contributed by atoms with Crippen LogP contribution in [0, 0.1) is 5.92 Å². The Hall–Kier alpha value is -1.32. The van der Waals surface area contributed by atoms with Crippen molar-refractivity contribution in [2.45, 2.75) is 24.8 Å². The number of aliphatic hydroxyl groups excluding tert-OH is 1. The molecule has 0 radical (unpaired) electrons. The Morgan fingerprint density at radius 3 is 3.16 bits per heavy atom. The first-order valence-electron chi connectivity index (χ1n) is 7.18. The highest BCUT2D eigenvalue weighted by Crippen LogP contribution is 2.44. The number of fused-ring (bicyclic) bond motifs is 2. The number of benzene rings is 1. The van der Waals surface area contributed by atoms with Gasteiger partial charge in [0.05, 0.1) is 0 Å². The summed E-state index contributed by atoms with van der Waals surface area (Å²) >= 11 is 0. The van der Waals surface area contributed by atoms with Crippen LogP contribution in [0.5, 0.6) is 0 Å². The Bertz CT molecular complexity index is 618. The zero-order chi connectivity index (χ0) is 13.0. The van der Waals surface area contributed by atoms with Crippen molar-refractivity contribution in [2.75, 3.05) is 20.2 Å². The van der Waals surface area contributed by atoms with Gasteiger partial charge >= 0.3 is 0 Å². The summed E-state index contributed by atoms with van der Waals surface area (Å²) < 4.78 is 0. The van der Waals surface area contributed by atoms with Crippen LogP contribution in [0.2, 0.25) is 0 Å². The molecule has 0 spiro atoms. The van der Waals surface area contributed by atoms with Crippen LogP contribution in [0.25, 0.3) is 10.9 Å². The lowest BCUT2D eigenvalue weighted by atomic mass is 9.72. The molecule has 1 aliphatic heterocycles. The Morgan fingerprint density at radius 2 is 2.32 bits per heavy atom. The predicted octanol–water partition coefficient (Wildman–Crippen LogP) is 2.12. The van der Waals surface area contributed by atoms with Gasteiger partial charge in [0.15, 0.2) is 0 Å². The molecule has 1 fully saturated rings. The third-order valence-corrected chi connectivity index (χ3v) is 5.07. The van der Waals surface area contributed by atoms with Crippen LogP contribution in [0.3, 0.4) is 0 Å². The fraction of sp³-hybridized carbons (Fsp3) is 0.500. The number of hydrogen-bond donors (Lipinski definition) is 2. The Labute approximate surface area is 113 Å². The molecule has 0 unspecified atom stereocenters. The minimum absolute atomic E-state index is 0.309. The molecule has 3 atom stereocenters. The maximum atomic E-state index is 9.52. The van der Waals surface area contributed by atoms with Gasteiger partial charge in [-0.15, -0.1) is 0 Å². The van der Waals surface area contributed by atoms with E-state index in [4.69, 9.17) is 0 Å². The fourth-order valence-electron chi connectivity index (χ4n) is 4.19. The average Bonchev–Trinajstić information content (AvgIpc) is 2.85. The molecular weight excluding hydrogens is 236 g/mol. The molecule has 19 heavy (non-hydrogen) atoms. The molecule has 0 bridgehead atoms. The zero-order valence-electron chi connectivity index (χ0n) is 11.3. The van der Waals surface area contributed by atoms with Crippen molar-refractivity contribution >= 4 is 10.9 Å². The summed E-state index contributed by atoms with van der Waals surface area (Å²) in [4.78, 5) is 5.85. The lowest BCUT2D eigenvalue weighted by Gasteiger charge is -2.45. The van der Waals surface area contributed by atoms with E-state index < -0.39 is 0 Å². The number of nitrogens with zero attached hydrogens (tertiary/aromatic N) is 1. The zero-order valence-corrected chi connectivity index (χ0v) is 11.3. The summed E-state index contributed by atoms with van der Waals surface area (Å²) in [7, 11) is 2.21. The second-order valence-electron chi connectivity index (χ2n) is 6.19. The van der Waals surface area contributed by atoms with Crippen LogP contribution in [-0.4, -0.2) is 41.2 Å². The SMILES string of the molecule is CN1C[C@@H](CO)C[C@H]2c3cccc4[nH]cc(c34)C[C@H]21. The molecule has 3 heteroatoms. The van der Waals surface area contributed by atoms with E-state index in [1.807, 2.05) is 0 Å². The van der Waals surface area contributed by atoms with Crippen molar-refractivity contribution in [3.05, 3.63) is 35.5 Å². The largest absolute Gasteiger partial charge is 0.396 e. The Kier molecular flexibility index (Phi) is 2.47. The van der Waals surface area contributed by atoms with E-state index in [-0.39, 0.29) is 0 Å². The number of likely N-dealkylation sites (tertiary alicyclic amines) is 1. The molecule has 0 saturated carbocycles. The summed E-state index contributed by atoms with van der Waals surface area (Å²) in [6.07, 6.45) is 4.43. The second-order valence-corrected chi connectivity index (χ2v) is 6.19. The van der Waals surface area contributed by atoms with E-state index in [1.54, 1.807) is 0 Å². The van der Waals surface area contributed by atoms with Crippen molar-refractivity contribution in [3.63, 3.8) is 0 Å². The first-order chi connectivity index (χ1) is 9.28. The third-order valence-electron chi connectivity index (χ3n) is 5.07. The summed E-state index contributed by atoms with van der Waals surface area (Å²) in [5.74, 6) is 0.991. The summed E-state index contributed by atoms with van der Waals surface area (Å²) in [5.41, 5.74) is 4.20. The number of aromatic amines is 1. The minimum Gasteiger partial charge on any atom is -0.396 e. The van der Waals surface area contributed by atoms with Crippen LogP contribution in [-0.2, 0) is 6.42 Å². The highest BCUT2D eigenvalue weighted by Gasteiger charge is 2.38. The topological polar surface area (TPSA) is 39.3 Å². The van der Waals surface area contributed by atoms with E-state index in [0.29, 0.717) is 24.5 Å². The van der Waals surface area contributed by atoms with Gasteiger partial charge in [0.1, 0.15) is 0 Å². The Balaban J connectivity index is 1.86. The molecule has 1 aliphatic carbocycles. The minimum atomic E-state index is 0.309. The van der Waals surface area contributed by atoms with Crippen LogP contribution in [0.15, 0.2) is 24.4 Å². The molecule has 0 amide bonds. The van der Waals surface area contributed by atoms with Crippen LogP contribution >= 0.6 is 0 Å². The van der Waals surface area contributed by atoms with Crippen molar-refractivity contribution in [2.24, 2.45) is 5.92 Å². The smallest absolute Gasteiger partial charge is 0.0471 e. The first kappa shape index (κ1) is 11.5. The molecule has 1 aromatic carbocycles. The number of piperidine rings is 1. The fourth-order valence-corrected chi connectivity index (χ4v) is 4.19. The molecule has 2 aliphatic rings. The van der Waals surface area contributed by atoms with Gasteiger partial charge < -0.3 is 15.0 Å². The molecule has 2 N–H and O–H groups in total. The molecular formula is C16H20N2O. The van der Waals surface area contributed by atoms with E-state index in [9.17, 15) is 5.11 Å². The van der Waals surface area contributed by atoms with Crippen molar-refractivity contribution in [1.82, 2.24) is 9.88 Å². The van der Waals surface area contributed by atoms with E-state index >= 15 is 0 Å². The van der Waals surface area contributed by atoms with Gasteiger partial charge in [0, 0.05) is 42.2 Å². The van der Waals surface area contributed by atoms with Crippen LogP contribution in [0.4, 0.5) is 0 Å². The molecule has 1 aromatic heterocycles. The number of likely N-dealkylation sites (N-methyl/N-ethyl adjacent to an activating group) is 1. The number of aliphatic hydroxyl groups is 1. The quantitative estimate of drug-likeness (QED) is 0.820. The second kappa shape index (κ2) is 4.09. The normalized spacial score (nSPS) is 30.5. The van der Waals surface area contributed by atoms with E-state index in [0.717, 1.165) is 19.4 Å². The molecule has 100 valence electrons. The number of aromatic nitrogens is 1. The predicted molar refractivity (Wildman–Crippen MR) is 76.4 cm³/mol. The number of H-pyrrole nitrogens is 1. The third kappa shape index (κ3) is 1.58. The summed E-state index contributed by atoms with van der Waals surface area (Å²) in [5, 5.41) is 11.0. The van der Waals surface area contributed by atoms with Gasteiger partial charge in [0.25, 0.3) is 0 Å². The monoisotopic (exact) mass is 256 g/mol. The molecule has 3 nitrogen and oxygen atoms in total. The van der Waals surface area contributed by atoms with Gasteiger partial charge in [-0.1, -0.05) is 12.1 Å². The van der Waals surface area contributed by atoms with Gasteiger partial charge in [0.2, 0.25) is 0 Å². The summed E-state index contributed by atoms with van der Waals surface area (Å²) in [6.45, 7) is 1.33. The van der Waals surface area contributed by atoms with Gasteiger partial charge in [-0.05, 0) is 43.0 Å². The number of rotatable bonds is 1. The van der Waals surface area contributed by atoms with Crippen molar-refractivity contribution in [3.8, 4) is 0 Å². The maximum Gasteiger partial charge on any atom is 0.0471 e. The van der Waals surface area contributed by atoms with E-state index in [1.165, 1.54) is 22.0 Å². The average molecular weight is 256 g/mol. The molecule has 2 aromatic rings. The number of hydrogen-bond acceptors (Lipinski definition) is 2. The number of nitrogens with one attached hydrogen (secondary N) is 1. The highest BCUT2D eigenvalue weighted by atomic mass is 16.3. The standard InChI is InChI=1S/C16H20N2O/c1-18-8-10(9-19)5-13-12-3-2-4-14-16(12)11(7-17-14)6-15(13)18/h2-4,7,10,13,15,17,19H,5-6,8-9H2,1H3/t10-,13-,15+/m0/s1. The van der Waals surface area contributed by atoms with Crippen molar-refractivity contribution < 1.29 is 5.11 Å². The van der Waals surface area contributed by atoms with Gasteiger partial charge in [-0.3, -0.25) is 0 Å². The summed E-state index contributed by atoms with van der Waals surface area (Å²) in [6, 6.07) is 7.20. The maximum absolute atomic E-state index is 9.52. The first-order valence-corrected chi connectivity index (χ1v) is 7.18. The van der Waals surface area contributed by atoms with Crippen LogP contribution in [0.1, 0.15) is 23.5 Å². The van der Waals surface area contributed by atoms with E-state index in [2.05, 4.69) is 41.3 Å². The van der Waals surface area contributed by atoms with Gasteiger partial charge in [-0.2, -0.15) is 0 Å². The van der Waals surface area contributed by atoms with Gasteiger partial charge in [-0.25, -0.2) is 0 Å². The Morgan fingerprint density at radius 1 is 1.42 bits per heavy atom. The van der Waals surface area contributed by atoms with Crippen LogP contribution < -0.4 is 0 Å². The highest BCUT2D eigenvalue weighted by molar-refractivity contribution is 5.88.